The van der Waals surface area contributed by atoms with Gasteiger partial charge in [0.25, 0.3) is 0 Å². The van der Waals surface area contributed by atoms with Crippen molar-refractivity contribution >= 4 is 67.8 Å². The summed E-state index contributed by atoms with van der Waals surface area (Å²) in [5.41, 5.74) is 21.2. The van der Waals surface area contributed by atoms with E-state index in [0.29, 0.717) is 5.92 Å². The first-order valence-corrected chi connectivity index (χ1v) is 18.5. The summed E-state index contributed by atoms with van der Waals surface area (Å²) in [6.07, 6.45) is 0. The molecule has 0 fully saturated rings. The molecule has 0 unspecified atom stereocenters. The molecular formula is C48H31BN2O. The zero-order valence-corrected chi connectivity index (χ0v) is 28.8. The van der Waals surface area contributed by atoms with Crippen LogP contribution in [0.25, 0.3) is 55.2 Å². The predicted molar refractivity (Wildman–Crippen MR) is 215 cm³/mol. The van der Waals surface area contributed by atoms with Crippen LogP contribution in [0.5, 0.6) is 0 Å². The Kier molecular flexibility index (Phi) is 4.83. The second-order valence-corrected chi connectivity index (χ2v) is 15.3. The minimum atomic E-state index is -0.463. The molecule has 52 heavy (non-hydrogen) atoms. The van der Waals surface area contributed by atoms with Gasteiger partial charge in [0.05, 0.1) is 16.5 Å². The van der Waals surface area contributed by atoms with Gasteiger partial charge in [-0.3, -0.25) is 0 Å². The van der Waals surface area contributed by atoms with Crippen LogP contribution in [0.1, 0.15) is 47.6 Å². The molecule has 242 valence electrons. The number of furan rings is 1. The van der Waals surface area contributed by atoms with Crippen molar-refractivity contribution in [3.8, 4) is 22.3 Å². The van der Waals surface area contributed by atoms with Gasteiger partial charge in [0.2, 0.25) is 0 Å². The van der Waals surface area contributed by atoms with Gasteiger partial charge in [-0.15, -0.1) is 0 Å². The fraction of sp³-hybridized carbons (Fsp3) is 0.0833. The van der Waals surface area contributed by atoms with E-state index in [0.717, 1.165) is 11.3 Å². The van der Waals surface area contributed by atoms with Crippen LogP contribution in [0.2, 0.25) is 0 Å². The fourth-order valence-corrected chi connectivity index (χ4v) is 10.8. The third-order valence-electron chi connectivity index (χ3n) is 12.7. The van der Waals surface area contributed by atoms with Gasteiger partial charge in [0.15, 0.2) is 5.71 Å². The molecule has 4 aliphatic rings. The molecule has 7 aromatic carbocycles. The Balaban J connectivity index is 1.25. The molecule has 2 aromatic heterocycles. The summed E-state index contributed by atoms with van der Waals surface area (Å²) in [4.78, 5) is 2.63. The summed E-state index contributed by atoms with van der Waals surface area (Å²) in [6.45, 7) is 4.58. The lowest BCUT2D eigenvalue weighted by atomic mass is 9.44. The molecule has 5 heterocycles. The minimum absolute atomic E-state index is 0.0675. The number of fused-ring (bicyclic) bond motifs is 18. The second-order valence-electron chi connectivity index (χ2n) is 15.3. The predicted octanol–water partition coefficient (Wildman–Crippen LogP) is 10.8. The number of hydrogen-bond acceptors (Lipinski definition) is 2. The van der Waals surface area contributed by atoms with Gasteiger partial charge in [0, 0.05) is 33.2 Å². The standard InChI is InChI=1S/C48H31BN2O/c1-27(2)28-25-34-31-16-11-17-33-43-32-15-5-10-24-42(32)52-47(43)51(45(31)33)49-39-22-12-21-38-46(39)50(41(26-28)44(34)49)40-23-9-8-20-37(40)48(38)35-18-6-3-13-29(35)30-14-4-7-19-36(30)48/h3-27H,1-2H3. The van der Waals surface area contributed by atoms with Crippen LogP contribution in [0.15, 0.2) is 150 Å². The normalized spacial score (nSPS) is 15.0. The number of nitrogens with zero attached hydrogens (tertiary/aromatic N) is 2. The Hall–Kier alpha value is -6.26. The van der Waals surface area contributed by atoms with E-state index in [1.807, 2.05) is 0 Å². The number of para-hydroxylation sites is 4. The van der Waals surface area contributed by atoms with Crippen LogP contribution in [0.4, 0.5) is 17.1 Å². The molecule has 0 N–H and O–H groups in total. The summed E-state index contributed by atoms with van der Waals surface area (Å²) in [5.74, 6) is 0.365. The van der Waals surface area contributed by atoms with E-state index < -0.39 is 5.41 Å². The zero-order chi connectivity index (χ0) is 34.0. The molecule has 4 heteroatoms. The number of anilines is 3. The van der Waals surface area contributed by atoms with Gasteiger partial charge in [-0.2, -0.15) is 0 Å². The van der Waals surface area contributed by atoms with E-state index in [9.17, 15) is 0 Å². The lowest BCUT2D eigenvalue weighted by molar-refractivity contribution is 0.651. The average molecular weight is 663 g/mol. The summed E-state index contributed by atoms with van der Waals surface area (Å²) in [5, 5.41) is 3.64. The summed E-state index contributed by atoms with van der Waals surface area (Å²) < 4.78 is 9.48. The molecule has 0 saturated carbocycles. The Morgan fingerprint density at radius 1 is 0.577 bits per heavy atom. The highest BCUT2D eigenvalue weighted by atomic mass is 16.3. The van der Waals surface area contributed by atoms with Crippen LogP contribution in [0.3, 0.4) is 0 Å². The third-order valence-corrected chi connectivity index (χ3v) is 12.7. The molecule has 3 aliphatic heterocycles. The van der Waals surface area contributed by atoms with Crippen molar-refractivity contribution in [1.29, 1.82) is 0 Å². The molecule has 9 aromatic rings. The Morgan fingerprint density at radius 2 is 1.23 bits per heavy atom. The van der Waals surface area contributed by atoms with E-state index in [1.54, 1.807) is 0 Å². The van der Waals surface area contributed by atoms with Crippen molar-refractivity contribution in [2.75, 3.05) is 4.90 Å². The van der Waals surface area contributed by atoms with Gasteiger partial charge >= 0.3 is 6.85 Å². The lowest BCUT2D eigenvalue weighted by Crippen LogP contribution is -2.58. The lowest BCUT2D eigenvalue weighted by Gasteiger charge is -2.49. The van der Waals surface area contributed by atoms with Crippen LogP contribution in [-0.4, -0.2) is 11.3 Å². The monoisotopic (exact) mass is 662 g/mol. The fourth-order valence-electron chi connectivity index (χ4n) is 10.8. The first kappa shape index (κ1) is 27.5. The maximum absolute atomic E-state index is 6.93. The van der Waals surface area contributed by atoms with Gasteiger partial charge in [-0.25, -0.2) is 0 Å². The van der Waals surface area contributed by atoms with Crippen molar-refractivity contribution in [3.05, 3.63) is 173 Å². The largest absolute Gasteiger partial charge is 0.441 e. The van der Waals surface area contributed by atoms with Crippen LogP contribution in [-0.2, 0) is 5.41 Å². The van der Waals surface area contributed by atoms with Gasteiger partial charge < -0.3 is 13.8 Å². The molecule has 0 saturated heterocycles. The maximum atomic E-state index is 6.93. The van der Waals surface area contributed by atoms with Crippen molar-refractivity contribution in [3.63, 3.8) is 0 Å². The van der Waals surface area contributed by atoms with E-state index >= 15 is 0 Å². The molecule has 13 rings (SSSR count). The highest BCUT2D eigenvalue weighted by molar-refractivity contribution is 6.90. The second kappa shape index (κ2) is 9.15. The van der Waals surface area contributed by atoms with Crippen LogP contribution < -0.4 is 15.8 Å². The first-order valence-electron chi connectivity index (χ1n) is 18.5. The molecule has 0 bridgehead atoms. The van der Waals surface area contributed by atoms with E-state index in [-0.39, 0.29) is 6.85 Å². The molecule has 0 radical (unpaired) electrons. The van der Waals surface area contributed by atoms with Gasteiger partial charge in [-0.1, -0.05) is 141 Å². The smallest absolute Gasteiger partial charge is 0.336 e. The molecule has 1 aliphatic carbocycles. The zero-order valence-electron chi connectivity index (χ0n) is 28.8. The SMILES string of the molecule is CC(C)c1cc2c3c(c1)N1c4ccccc4C4(c5ccccc5-c5ccccc54)c4cccc(c41)B3n1c3oc4ccccc4c3c3cccc-2c31. The van der Waals surface area contributed by atoms with E-state index in [2.05, 4.69) is 169 Å². The Bertz CT molecular complexity index is 3040. The quantitative estimate of drug-likeness (QED) is 0.163. The Labute approximate surface area is 301 Å². The van der Waals surface area contributed by atoms with E-state index in [4.69, 9.17) is 4.42 Å². The van der Waals surface area contributed by atoms with Crippen LogP contribution in [0, 0.1) is 0 Å². The van der Waals surface area contributed by atoms with Crippen molar-refractivity contribution in [2.24, 2.45) is 0 Å². The molecular weight excluding hydrogens is 631 g/mol. The highest BCUT2D eigenvalue weighted by Crippen LogP contribution is 2.64. The van der Waals surface area contributed by atoms with Crippen LogP contribution >= 0.6 is 0 Å². The Morgan fingerprint density at radius 3 is 2.04 bits per heavy atom. The third kappa shape index (κ3) is 2.91. The summed E-state index contributed by atoms with van der Waals surface area (Å²) >= 11 is 0. The van der Waals surface area contributed by atoms with Gasteiger partial charge in [-0.05, 0) is 79.6 Å². The molecule has 0 atom stereocenters. The summed E-state index contributed by atoms with van der Waals surface area (Å²) in [6, 6.07) is 54.9. The van der Waals surface area contributed by atoms with Crippen molar-refractivity contribution < 1.29 is 4.42 Å². The molecule has 0 amide bonds. The molecule has 1 spiro atoms. The topological polar surface area (TPSA) is 21.3 Å². The minimum Gasteiger partial charge on any atom is -0.441 e. The maximum Gasteiger partial charge on any atom is 0.336 e. The number of aromatic nitrogens is 1. The van der Waals surface area contributed by atoms with Gasteiger partial charge in [0.1, 0.15) is 5.58 Å². The van der Waals surface area contributed by atoms with Crippen molar-refractivity contribution in [2.45, 2.75) is 25.2 Å². The number of rotatable bonds is 1. The summed E-state index contributed by atoms with van der Waals surface area (Å²) in [7, 11) is 0. The average Bonchev–Trinajstić information content (AvgIpc) is 3.82. The van der Waals surface area contributed by atoms with E-state index in [1.165, 1.54) is 99.7 Å². The number of benzene rings is 7. The number of hydrogen-bond donors (Lipinski definition) is 0. The first-order chi connectivity index (χ1) is 25.7. The van der Waals surface area contributed by atoms with Crippen molar-refractivity contribution in [1.82, 2.24) is 4.48 Å². The molecule has 3 nitrogen and oxygen atoms in total. The highest BCUT2D eigenvalue weighted by Gasteiger charge is 2.55.